The van der Waals surface area contributed by atoms with Crippen LogP contribution < -0.4 is 5.32 Å². The molecule has 1 aliphatic carbocycles. The monoisotopic (exact) mass is 308 g/mol. The van der Waals surface area contributed by atoms with Crippen molar-refractivity contribution in [3.63, 3.8) is 0 Å². The summed E-state index contributed by atoms with van der Waals surface area (Å²) < 4.78 is 9.95. The van der Waals surface area contributed by atoms with Crippen molar-refractivity contribution < 1.29 is 19.1 Å². The highest BCUT2D eigenvalue weighted by molar-refractivity contribution is 7.17. The Labute approximate surface area is 126 Å². The summed E-state index contributed by atoms with van der Waals surface area (Å²) >= 11 is 1.11. The van der Waals surface area contributed by atoms with E-state index in [1.165, 1.54) is 13.3 Å². The third-order valence-corrected chi connectivity index (χ3v) is 4.81. The van der Waals surface area contributed by atoms with Gasteiger partial charge in [0.25, 0.3) is 5.91 Å². The van der Waals surface area contributed by atoms with Gasteiger partial charge in [0.2, 0.25) is 0 Å². The van der Waals surface area contributed by atoms with Crippen molar-refractivity contribution in [3.8, 4) is 0 Å². The number of hydrogen-bond acceptors (Lipinski definition) is 6. The van der Waals surface area contributed by atoms with Gasteiger partial charge in [-0.3, -0.25) is 10.1 Å². The normalized spacial score (nSPS) is 19.6. The van der Waals surface area contributed by atoms with Gasteiger partial charge in [-0.1, -0.05) is 17.4 Å². The van der Waals surface area contributed by atoms with E-state index in [0.717, 1.165) is 49.4 Å². The fourth-order valence-electron chi connectivity index (χ4n) is 2.67. The molecular weight excluding hydrogens is 292 g/mol. The molecule has 6 nitrogen and oxygen atoms in total. The molecule has 0 atom stereocenters. The van der Waals surface area contributed by atoms with Gasteiger partial charge < -0.3 is 9.47 Å². The number of methoxy groups -OCH3 is 1. The number of aromatic nitrogens is 1. The van der Waals surface area contributed by atoms with Crippen LogP contribution in [0.3, 0.4) is 0 Å². The zero-order valence-electron chi connectivity index (χ0n) is 11.7. The molecule has 1 aromatic heterocycles. The summed E-state index contributed by atoms with van der Waals surface area (Å²) in [5, 5.41) is 3.14. The second kappa shape index (κ2) is 5.57. The molecule has 1 fully saturated rings. The zero-order valence-corrected chi connectivity index (χ0v) is 12.5. The molecule has 1 aliphatic heterocycles. The molecule has 0 unspecified atom stereocenters. The van der Waals surface area contributed by atoms with Gasteiger partial charge in [0.05, 0.1) is 13.3 Å². The quantitative estimate of drug-likeness (QED) is 0.864. The molecule has 0 saturated carbocycles. The van der Waals surface area contributed by atoms with Crippen molar-refractivity contribution in [1.29, 1.82) is 0 Å². The molecular formula is C14H16N2O4S. The maximum atomic E-state index is 12.1. The van der Waals surface area contributed by atoms with Crippen LogP contribution in [-0.2, 0) is 14.3 Å². The lowest BCUT2D eigenvalue weighted by Gasteiger charge is -2.42. The van der Waals surface area contributed by atoms with Gasteiger partial charge in [-0.25, -0.2) is 9.78 Å². The Bertz CT molecular complexity index is 602. The standard InChI is InChI=1S/C14H16N2O4S/c1-19-12(18)10-8-15-13(21-10)16-11(17)9-6-14(7-9)2-4-20-5-3-14/h6,8H,2-5,7H2,1H3,(H,15,16,17). The molecule has 2 heterocycles. The average molecular weight is 308 g/mol. The van der Waals surface area contributed by atoms with Crippen molar-refractivity contribution in [2.24, 2.45) is 5.41 Å². The number of nitrogens with zero attached hydrogens (tertiary/aromatic N) is 1. The predicted octanol–water partition coefficient (Wildman–Crippen LogP) is 2.00. The lowest BCUT2D eigenvalue weighted by atomic mass is 9.66. The van der Waals surface area contributed by atoms with Gasteiger partial charge in [-0.05, 0) is 24.7 Å². The summed E-state index contributed by atoms with van der Waals surface area (Å²) in [6.07, 6.45) is 6.21. The van der Waals surface area contributed by atoms with E-state index < -0.39 is 5.97 Å². The van der Waals surface area contributed by atoms with E-state index in [0.29, 0.717) is 10.0 Å². The highest BCUT2D eigenvalue weighted by Gasteiger charge is 2.40. The third kappa shape index (κ3) is 2.84. The summed E-state index contributed by atoms with van der Waals surface area (Å²) in [7, 11) is 1.31. The zero-order chi connectivity index (χ0) is 14.9. The topological polar surface area (TPSA) is 77.5 Å². The first-order valence-corrected chi connectivity index (χ1v) is 7.58. The Morgan fingerprint density at radius 2 is 2.14 bits per heavy atom. The van der Waals surface area contributed by atoms with Crippen molar-refractivity contribution >= 4 is 28.3 Å². The molecule has 21 heavy (non-hydrogen) atoms. The molecule has 1 aromatic rings. The van der Waals surface area contributed by atoms with Crippen molar-refractivity contribution in [1.82, 2.24) is 4.98 Å². The van der Waals surface area contributed by atoms with Crippen LogP contribution in [0.15, 0.2) is 17.8 Å². The minimum Gasteiger partial charge on any atom is -0.465 e. The van der Waals surface area contributed by atoms with Gasteiger partial charge in [-0.15, -0.1) is 0 Å². The van der Waals surface area contributed by atoms with Crippen molar-refractivity contribution in [3.05, 3.63) is 22.7 Å². The summed E-state index contributed by atoms with van der Waals surface area (Å²) in [6.45, 7) is 1.53. The average Bonchev–Trinajstić information content (AvgIpc) is 2.93. The number of amides is 1. The predicted molar refractivity (Wildman–Crippen MR) is 77.3 cm³/mol. The minimum atomic E-state index is -0.447. The fourth-order valence-corrected chi connectivity index (χ4v) is 3.40. The second-order valence-corrected chi connectivity index (χ2v) is 6.33. The molecule has 112 valence electrons. The first-order chi connectivity index (χ1) is 10.1. The Morgan fingerprint density at radius 3 is 2.81 bits per heavy atom. The molecule has 1 saturated heterocycles. The lowest BCUT2D eigenvalue weighted by Crippen LogP contribution is -2.37. The number of anilines is 1. The molecule has 1 amide bonds. The van der Waals surface area contributed by atoms with Crippen LogP contribution in [-0.4, -0.2) is 37.2 Å². The van der Waals surface area contributed by atoms with Gasteiger partial charge in [0, 0.05) is 18.8 Å². The van der Waals surface area contributed by atoms with Gasteiger partial charge in [0.1, 0.15) is 4.88 Å². The second-order valence-electron chi connectivity index (χ2n) is 5.30. The molecule has 2 aliphatic rings. The van der Waals surface area contributed by atoms with Gasteiger partial charge in [0.15, 0.2) is 5.13 Å². The maximum Gasteiger partial charge on any atom is 0.349 e. The van der Waals surface area contributed by atoms with Crippen LogP contribution in [0.5, 0.6) is 0 Å². The SMILES string of the molecule is COC(=O)c1cnc(NC(=O)C2=CC3(CCOCC3)C2)s1. The van der Waals surface area contributed by atoms with Crippen LogP contribution in [0.2, 0.25) is 0 Å². The Hall–Kier alpha value is -1.73. The smallest absolute Gasteiger partial charge is 0.349 e. The number of hydrogen-bond donors (Lipinski definition) is 1. The van der Waals surface area contributed by atoms with Crippen LogP contribution in [0, 0.1) is 5.41 Å². The van der Waals surface area contributed by atoms with E-state index in [9.17, 15) is 9.59 Å². The Morgan fingerprint density at radius 1 is 1.43 bits per heavy atom. The van der Waals surface area contributed by atoms with E-state index in [2.05, 4.69) is 21.1 Å². The Kier molecular flexibility index (Phi) is 3.77. The van der Waals surface area contributed by atoms with Gasteiger partial charge in [-0.2, -0.15) is 0 Å². The Balaban J connectivity index is 1.61. The maximum absolute atomic E-state index is 12.1. The van der Waals surface area contributed by atoms with Gasteiger partial charge >= 0.3 is 5.97 Å². The molecule has 0 aromatic carbocycles. The molecule has 3 rings (SSSR count). The van der Waals surface area contributed by atoms with E-state index in [1.54, 1.807) is 0 Å². The van der Waals surface area contributed by atoms with Crippen molar-refractivity contribution in [2.45, 2.75) is 19.3 Å². The molecule has 7 heteroatoms. The number of thiazole rings is 1. The number of allylic oxidation sites excluding steroid dienone is 1. The summed E-state index contributed by atoms with van der Waals surface area (Å²) in [5.74, 6) is -0.588. The van der Waals surface area contributed by atoms with Crippen LogP contribution in [0.25, 0.3) is 0 Å². The number of ether oxygens (including phenoxy) is 2. The molecule has 1 spiro atoms. The van der Waals surface area contributed by atoms with E-state index >= 15 is 0 Å². The molecule has 1 N–H and O–H groups in total. The van der Waals surface area contributed by atoms with Crippen LogP contribution >= 0.6 is 11.3 Å². The number of nitrogens with one attached hydrogen (secondary N) is 1. The summed E-state index contributed by atoms with van der Waals surface area (Å²) in [6, 6.07) is 0. The number of carbonyl (C=O) groups is 2. The van der Waals surface area contributed by atoms with E-state index in [1.807, 2.05) is 0 Å². The van der Waals surface area contributed by atoms with Crippen molar-refractivity contribution in [2.75, 3.05) is 25.6 Å². The van der Waals surface area contributed by atoms with E-state index in [-0.39, 0.29) is 11.3 Å². The molecule has 0 radical (unpaired) electrons. The first kappa shape index (κ1) is 14.2. The largest absolute Gasteiger partial charge is 0.465 e. The lowest BCUT2D eigenvalue weighted by molar-refractivity contribution is -0.114. The van der Waals surface area contributed by atoms with Crippen LogP contribution in [0.4, 0.5) is 5.13 Å². The van der Waals surface area contributed by atoms with Crippen LogP contribution in [0.1, 0.15) is 28.9 Å². The minimum absolute atomic E-state index is 0.141. The first-order valence-electron chi connectivity index (χ1n) is 6.77. The highest BCUT2D eigenvalue weighted by Crippen LogP contribution is 2.46. The highest BCUT2D eigenvalue weighted by atomic mass is 32.1. The fraction of sp³-hybridized carbons (Fsp3) is 0.500. The number of esters is 1. The summed E-state index contributed by atoms with van der Waals surface area (Å²) in [4.78, 5) is 27.8. The molecule has 0 bridgehead atoms. The summed E-state index contributed by atoms with van der Waals surface area (Å²) in [5.41, 5.74) is 0.942. The number of rotatable bonds is 3. The third-order valence-electron chi connectivity index (χ3n) is 3.92. The van der Waals surface area contributed by atoms with E-state index in [4.69, 9.17) is 4.74 Å². The number of carbonyl (C=O) groups excluding carboxylic acids is 2.